The van der Waals surface area contributed by atoms with Crippen LogP contribution in [0.3, 0.4) is 0 Å². The summed E-state index contributed by atoms with van der Waals surface area (Å²) in [5, 5.41) is 10.7. The Bertz CT molecular complexity index is 1320. The number of hydrogen-bond donors (Lipinski definition) is 1. The number of rotatable bonds is 8. The topological polar surface area (TPSA) is 116 Å². The van der Waals surface area contributed by atoms with Gasteiger partial charge in [-0.1, -0.05) is 11.2 Å². The molecule has 1 N–H and O–H groups in total. The monoisotopic (exact) mass is 490 g/mol. The Morgan fingerprint density at radius 3 is 2.88 bits per heavy atom. The Kier molecular flexibility index (Phi) is 6.72. The molecule has 0 saturated heterocycles. The van der Waals surface area contributed by atoms with Gasteiger partial charge < -0.3 is 14.6 Å². The minimum Gasteiger partial charge on any atom is -0.468 e. The van der Waals surface area contributed by atoms with Crippen LogP contribution in [-0.4, -0.2) is 39.4 Å². The number of carbonyl (C=O) groups excluding carboxylic acids is 2. The lowest BCUT2D eigenvalue weighted by Crippen LogP contribution is -2.31. The van der Waals surface area contributed by atoms with E-state index in [0.717, 1.165) is 10.4 Å². The van der Waals surface area contributed by atoms with Crippen LogP contribution in [0.15, 0.2) is 38.3 Å². The number of amides is 1. The minimum absolute atomic E-state index is 0.111. The van der Waals surface area contributed by atoms with Crippen LogP contribution in [0.25, 0.3) is 20.7 Å². The summed E-state index contributed by atoms with van der Waals surface area (Å²) in [5.41, 5.74) is 0.493. The van der Waals surface area contributed by atoms with Gasteiger partial charge in [-0.25, -0.2) is 4.98 Å². The number of fused-ring (bicyclic) bond motifs is 1. The largest absolute Gasteiger partial charge is 0.468 e. The van der Waals surface area contributed by atoms with Crippen LogP contribution in [0.2, 0.25) is 0 Å². The third kappa shape index (κ3) is 4.76. The molecule has 0 aliphatic heterocycles. The third-order valence-corrected chi connectivity index (χ3v) is 7.11. The highest BCUT2D eigenvalue weighted by Crippen LogP contribution is 2.34. The fourth-order valence-electron chi connectivity index (χ4n) is 2.99. The zero-order chi connectivity index (χ0) is 22.7. The smallest absolute Gasteiger partial charge is 0.315 e. The van der Waals surface area contributed by atoms with Crippen molar-refractivity contribution in [2.75, 3.05) is 18.2 Å². The number of ether oxygens (including phenoxy) is 1. The van der Waals surface area contributed by atoms with Crippen molar-refractivity contribution in [3.8, 4) is 10.4 Å². The number of aromatic nitrogens is 3. The van der Waals surface area contributed by atoms with Gasteiger partial charge in [0, 0.05) is 21.9 Å². The van der Waals surface area contributed by atoms with Crippen molar-refractivity contribution in [1.29, 1.82) is 0 Å². The van der Waals surface area contributed by atoms with Crippen LogP contribution in [0, 0.1) is 6.92 Å². The highest BCUT2D eigenvalue weighted by atomic mass is 32.2. The standard InChI is InChI=1S/C20H18N4O5S3/c1-11-6-14(23-29-11)21-16(25)7-24-15(9-30-10-17(26)28-2)22-19-18(20(24)27)12(8-32-19)13-4-3-5-31-13/h3-6,8H,7,9-10H2,1-2H3,(H,21,23,25). The van der Waals surface area contributed by atoms with Gasteiger partial charge in [0.15, 0.2) is 5.82 Å². The van der Waals surface area contributed by atoms with Crippen LogP contribution in [0.5, 0.6) is 0 Å². The molecule has 1 amide bonds. The maximum absolute atomic E-state index is 13.5. The summed E-state index contributed by atoms with van der Waals surface area (Å²) >= 11 is 4.17. The van der Waals surface area contributed by atoms with Crippen molar-refractivity contribution < 1.29 is 18.8 Å². The molecule has 0 bridgehead atoms. The van der Waals surface area contributed by atoms with E-state index in [0.29, 0.717) is 21.8 Å². The Hall–Kier alpha value is -2.96. The Morgan fingerprint density at radius 1 is 1.34 bits per heavy atom. The first-order chi connectivity index (χ1) is 15.5. The number of aryl methyl sites for hydroxylation is 1. The predicted octanol–water partition coefficient (Wildman–Crippen LogP) is 3.53. The van der Waals surface area contributed by atoms with Gasteiger partial charge in [0.2, 0.25) is 5.91 Å². The van der Waals surface area contributed by atoms with Crippen molar-refractivity contribution >= 4 is 62.3 Å². The number of nitrogens with zero attached hydrogens (tertiary/aromatic N) is 3. The van der Waals surface area contributed by atoms with Crippen molar-refractivity contribution in [2.45, 2.75) is 19.2 Å². The summed E-state index contributed by atoms with van der Waals surface area (Å²) in [6.07, 6.45) is 0. The Morgan fingerprint density at radius 2 is 2.19 bits per heavy atom. The molecule has 0 radical (unpaired) electrons. The average molecular weight is 491 g/mol. The molecule has 0 aliphatic rings. The molecule has 12 heteroatoms. The van der Waals surface area contributed by atoms with Crippen LogP contribution in [0.1, 0.15) is 11.6 Å². The molecule has 166 valence electrons. The lowest BCUT2D eigenvalue weighted by Gasteiger charge is -2.12. The lowest BCUT2D eigenvalue weighted by atomic mass is 10.2. The lowest BCUT2D eigenvalue weighted by molar-refractivity contribution is -0.137. The maximum atomic E-state index is 13.5. The SMILES string of the molecule is COC(=O)CSCc1nc2scc(-c3cccs3)c2c(=O)n1CC(=O)Nc1cc(C)on1. The van der Waals surface area contributed by atoms with Gasteiger partial charge in [-0.05, 0) is 18.4 Å². The second kappa shape index (κ2) is 9.67. The number of thioether (sulfide) groups is 1. The highest BCUT2D eigenvalue weighted by molar-refractivity contribution is 7.99. The molecule has 0 aromatic carbocycles. The van der Waals surface area contributed by atoms with Crippen LogP contribution < -0.4 is 10.9 Å². The van der Waals surface area contributed by atoms with E-state index in [9.17, 15) is 14.4 Å². The molecular weight excluding hydrogens is 472 g/mol. The molecule has 0 fully saturated rings. The van der Waals surface area contributed by atoms with E-state index in [1.54, 1.807) is 13.0 Å². The van der Waals surface area contributed by atoms with Crippen LogP contribution in [0.4, 0.5) is 5.82 Å². The Labute approximate surface area is 194 Å². The van der Waals surface area contributed by atoms with Crippen LogP contribution >= 0.6 is 34.4 Å². The second-order valence-corrected chi connectivity index (χ2v) is 9.46. The molecule has 0 unspecified atom stereocenters. The zero-order valence-electron chi connectivity index (χ0n) is 17.1. The molecule has 0 atom stereocenters. The van der Waals surface area contributed by atoms with Gasteiger partial charge in [0.25, 0.3) is 5.56 Å². The van der Waals surface area contributed by atoms with Crippen molar-refractivity contribution in [3.05, 3.63) is 50.9 Å². The van der Waals surface area contributed by atoms with Gasteiger partial charge in [0.1, 0.15) is 23.0 Å². The summed E-state index contributed by atoms with van der Waals surface area (Å²) in [6.45, 7) is 1.46. The van der Waals surface area contributed by atoms with E-state index < -0.39 is 5.91 Å². The molecule has 4 aromatic rings. The molecule has 0 saturated carbocycles. The summed E-state index contributed by atoms with van der Waals surface area (Å²) in [6, 6.07) is 5.44. The third-order valence-electron chi connectivity index (χ3n) is 4.44. The number of anilines is 1. The Balaban J connectivity index is 1.70. The first kappa shape index (κ1) is 22.2. The van der Waals surface area contributed by atoms with Gasteiger partial charge in [-0.15, -0.1) is 34.4 Å². The number of esters is 1. The number of methoxy groups -OCH3 is 1. The fourth-order valence-corrected chi connectivity index (χ4v) is 5.55. The van der Waals surface area contributed by atoms with Gasteiger partial charge >= 0.3 is 5.97 Å². The molecule has 9 nitrogen and oxygen atoms in total. The normalized spacial score (nSPS) is 11.1. The maximum Gasteiger partial charge on any atom is 0.315 e. The molecule has 4 rings (SSSR count). The fraction of sp³-hybridized carbons (Fsp3) is 0.250. The van der Waals surface area contributed by atoms with E-state index in [-0.39, 0.29) is 35.4 Å². The molecule has 4 aromatic heterocycles. The second-order valence-electron chi connectivity index (χ2n) is 6.67. The molecule has 32 heavy (non-hydrogen) atoms. The average Bonchev–Trinajstić information content (AvgIpc) is 3.51. The van der Waals surface area contributed by atoms with Crippen molar-refractivity contribution in [1.82, 2.24) is 14.7 Å². The number of carbonyl (C=O) groups is 2. The quantitative estimate of drug-likeness (QED) is 0.373. The van der Waals surface area contributed by atoms with E-state index in [4.69, 9.17) is 4.52 Å². The zero-order valence-corrected chi connectivity index (χ0v) is 19.6. The minimum atomic E-state index is -0.436. The van der Waals surface area contributed by atoms with E-state index >= 15 is 0 Å². The van der Waals surface area contributed by atoms with E-state index in [1.165, 1.54) is 46.1 Å². The van der Waals surface area contributed by atoms with E-state index in [1.807, 2.05) is 22.9 Å². The first-order valence-corrected chi connectivity index (χ1v) is 12.3. The molecular formula is C20H18N4O5S3. The highest BCUT2D eigenvalue weighted by Gasteiger charge is 2.20. The van der Waals surface area contributed by atoms with E-state index in [2.05, 4.69) is 20.2 Å². The molecule has 0 spiro atoms. The summed E-state index contributed by atoms with van der Waals surface area (Å²) in [4.78, 5) is 43.8. The van der Waals surface area contributed by atoms with Crippen LogP contribution in [-0.2, 0) is 26.6 Å². The number of hydrogen-bond acceptors (Lipinski definition) is 10. The summed E-state index contributed by atoms with van der Waals surface area (Å²) in [7, 11) is 1.32. The van der Waals surface area contributed by atoms with Gasteiger partial charge in [-0.2, -0.15) is 0 Å². The summed E-state index contributed by atoms with van der Waals surface area (Å²) in [5.74, 6) is 0.796. The van der Waals surface area contributed by atoms with Crippen molar-refractivity contribution in [3.63, 3.8) is 0 Å². The first-order valence-electron chi connectivity index (χ1n) is 9.38. The number of nitrogens with one attached hydrogen (secondary N) is 1. The van der Waals surface area contributed by atoms with Gasteiger partial charge in [0.05, 0.1) is 24.0 Å². The molecule has 0 aliphatic carbocycles. The molecule has 4 heterocycles. The van der Waals surface area contributed by atoms with Crippen molar-refractivity contribution in [2.24, 2.45) is 0 Å². The van der Waals surface area contributed by atoms with Gasteiger partial charge in [-0.3, -0.25) is 19.0 Å². The summed E-state index contributed by atoms with van der Waals surface area (Å²) < 4.78 is 11.0. The number of thiophene rings is 2. The predicted molar refractivity (Wildman–Crippen MR) is 125 cm³/mol.